The molecule has 0 radical (unpaired) electrons. The van der Waals surface area contributed by atoms with Gasteiger partial charge in [0.2, 0.25) is 15.9 Å². The molecule has 124 valence electrons. The number of rotatable bonds is 4. The lowest BCUT2D eigenvalue weighted by molar-refractivity contribution is 0.169. The Morgan fingerprint density at radius 3 is 2.43 bits per heavy atom. The highest BCUT2D eigenvalue weighted by Gasteiger charge is 2.24. The van der Waals surface area contributed by atoms with Gasteiger partial charge >= 0.3 is 0 Å². The third kappa shape index (κ3) is 4.11. The second kappa shape index (κ2) is 6.60. The first-order valence-corrected chi connectivity index (χ1v) is 9.52. The van der Waals surface area contributed by atoms with E-state index < -0.39 is 10.0 Å². The van der Waals surface area contributed by atoms with Crippen molar-refractivity contribution in [2.45, 2.75) is 6.54 Å². The van der Waals surface area contributed by atoms with Crippen LogP contribution in [0.5, 0.6) is 0 Å². The summed E-state index contributed by atoms with van der Waals surface area (Å²) < 4.78 is 30.3. The van der Waals surface area contributed by atoms with Crippen LogP contribution < -0.4 is 0 Å². The minimum absolute atomic E-state index is 0.504. The molecule has 23 heavy (non-hydrogen) atoms. The number of nitrogens with zero attached hydrogens (tertiary/aromatic N) is 3. The maximum Gasteiger partial charge on any atom is 0.211 e. The summed E-state index contributed by atoms with van der Waals surface area (Å²) in [5.41, 5.74) is 0.926. The topological polar surface area (TPSA) is 66.7 Å². The van der Waals surface area contributed by atoms with Gasteiger partial charge in [-0.25, -0.2) is 13.4 Å². The number of hydrogen-bond acceptors (Lipinski definition) is 5. The second-order valence-corrected chi connectivity index (χ2v) is 7.98. The number of hydrogen-bond donors (Lipinski definition) is 0. The molecular formula is C15H18ClN3O3S. The maximum absolute atomic E-state index is 11.5. The summed E-state index contributed by atoms with van der Waals surface area (Å²) in [4.78, 5) is 6.44. The molecule has 1 aliphatic rings. The number of sulfonamides is 1. The molecule has 0 atom stereocenters. The van der Waals surface area contributed by atoms with E-state index in [4.69, 9.17) is 16.0 Å². The first-order valence-electron chi connectivity index (χ1n) is 7.30. The highest BCUT2D eigenvalue weighted by atomic mass is 35.5. The number of benzene rings is 1. The molecule has 0 bridgehead atoms. The Morgan fingerprint density at radius 1 is 1.17 bits per heavy atom. The molecule has 0 unspecified atom stereocenters. The molecule has 2 heterocycles. The summed E-state index contributed by atoms with van der Waals surface area (Å²) in [6.07, 6.45) is 2.94. The Hall–Kier alpha value is -1.41. The summed E-state index contributed by atoms with van der Waals surface area (Å²) in [6.45, 7) is 2.93. The number of piperazine rings is 1. The van der Waals surface area contributed by atoms with Gasteiger partial charge in [-0.3, -0.25) is 4.90 Å². The molecule has 0 saturated carbocycles. The van der Waals surface area contributed by atoms with Crippen LogP contribution in [0.4, 0.5) is 0 Å². The van der Waals surface area contributed by atoms with Gasteiger partial charge in [0.1, 0.15) is 0 Å². The average molecular weight is 356 g/mol. The molecule has 1 aliphatic heterocycles. The number of aromatic nitrogens is 1. The van der Waals surface area contributed by atoms with Crippen LogP contribution >= 0.6 is 11.6 Å². The van der Waals surface area contributed by atoms with E-state index in [2.05, 4.69) is 9.88 Å². The van der Waals surface area contributed by atoms with Crippen molar-refractivity contribution in [1.82, 2.24) is 14.2 Å². The van der Waals surface area contributed by atoms with E-state index in [1.54, 1.807) is 6.20 Å². The molecular weight excluding hydrogens is 338 g/mol. The lowest BCUT2D eigenvalue weighted by atomic mass is 10.2. The Kier molecular flexibility index (Phi) is 4.72. The normalized spacial score (nSPS) is 17.5. The van der Waals surface area contributed by atoms with E-state index >= 15 is 0 Å². The SMILES string of the molecule is CS(=O)(=O)N1CCN(Cc2ncc(-c3ccc(Cl)cc3)o2)CC1. The zero-order chi connectivity index (χ0) is 16.4. The van der Waals surface area contributed by atoms with Crippen molar-refractivity contribution in [2.24, 2.45) is 0 Å². The summed E-state index contributed by atoms with van der Waals surface area (Å²) >= 11 is 5.88. The molecule has 3 rings (SSSR count). The van der Waals surface area contributed by atoms with E-state index in [1.807, 2.05) is 24.3 Å². The molecule has 1 aromatic heterocycles. The fourth-order valence-electron chi connectivity index (χ4n) is 2.54. The van der Waals surface area contributed by atoms with E-state index in [0.29, 0.717) is 49.4 Å². The van der Waals surface area contributed by atoms with Crippen LogP contribution in [0.25, 0.3) is 11.3 Å². The lowest BCUT2D eigenvalue weighted by Gasteiger charge is -2.32. The van der Waals surface area contributed by atoms with Crippen LogP contribution in [0.15, 0.2) is 34.9 Å². The minimum atomic E-state index is -3.10. The molecule has 0 aliphatic carbocycles. The van der Waals surface area contributed by atoms with Gasteiger partial charge in [0.25, 0.3) is 0 Å². The van der Waals surface area contributed by atoms with Gasteiger partial charge in [-0.15, -0.1) is 0 Å². The molecule has 1 aromatic carbocycles. The Bertz CT molecular complexity index is 766. The van der Waals surface area contributed by atoms with Gasteiger partial charge < -0.3 is 4.42 Å². The molecule has 1 saturated heterocycles. The van der Waals surface area contributed by atoms with Gasteiger partial charge in [-0.05, 0) is 24.3 Å². The number of halogens is 1. The Balaban J connectivity index is 1.61. The van der Waals surface area contributed by atoms with Crippen LogP contribution in [0.1, 0.15) is 5.89 Å². The van der Waals surface area contributed by atoms with Gasteiger partial charge in [-0.2, -0.15) is 4.31 Å². The van der Waals surface area contributed by atoms with Crippen molar-refractivity contribution in [3.05, 3.63) is 41.4 Å². The van der Waals surface area contributed by atoms with E-state index in [1.165, 1.54) is 10.6 Å². The molecule has 0 spiro atoms. The van der Waals surface area contributed by atoms with Crippen molar-refractivity contribution in [3.63, 3.8) is 0 Å². The Morgan fingerprint density at radius 2 is 1.83 bits per heavy atom. The van der Waals surface area contributed by atoms with E-state index in [0.717, 1.165) is 5.56 Å². The zero-order valence-electron chi connectivity index (χ0n) is 12.8. The molecule has 0 N–H and O–H groups in total. The van der Waals surface area contributed by atoms with Crippen molar-refractivity contribution < 1.29 is 12.8 Å². The van der Waals surface area contributed by atoms with Gasteiger partial charge in [0.15, 0.2) is 5.76 Å². The smallest absolute Gasteiger partial charge is 0.211 e. The first kappa shape index (κ1) is 16.4. The van der Waals surface area contributed by atoms with Crippen LogP contribution in [0.2, 0.25) is 5.02 Å². The zero-order valence-corrected chi connectivity index (χ0v) is 14.3. The predicted octanol–water partition coefficient (Wildman–Crippen LogP) is 2.07. The third-order valence-corrected chi connectivity index (χ3v) is 5.40. The Labute approximate surface area is 140 Å². The summed E-state index contributed by atoms with van der Waals surface area (Å²) in [5, 5.41) is 0.678. The molecule has 1 fully saturated rings. The molecule has 0 amide bonds. The van der Waals surface area contributed by atoms with E-state index in [9.17, 15) is 8.42 Å². The number of oxazole rings is 1. The fraction of sp³-hybridized carbons (Fsp3) is 0.400. The van der Waals surface area contributed by atoms with Crippen LogP contribution in [-0.4, -0.2) is 55.0 Å². The second-order valence-electron chi connectivity index (χ2n) is 5.56. The highest BCUT2D eigenvalue weighted by Crippen LogP contribution is 2.23. The summed E-state index contributed by atoms with van der Waals surface area (Å²) in [7, 11) is -3.10. The largest absolute Gasteiger partial charge is 0.439 e. The third-order valence-electron chi connectivity index (χ3n) is 3.84. The van der Waals surface area contributed by atoms with Gasteiger partial charge in [0.05, 0.1) is 19.0 Å². The van der Waals surface area contributed by atoms with Crippen LogP contribution in [0, 0.1) is 0 Å². The molecule has 2 aromatic rings. The van der Waals surface area contributed by atoms with Crippen LogP contribution in [-0.2, 0) is 16.6 Å². The fourth-order valence-corrected chi connectivity index (χ4v) is 3.49. The van der Waals surface area contributed by atoms with Gasteiger partial charge in [0, 0.05) is 36.8 Å². The first-order chi connectivity index (χ1) is 10.9. The summed E-state index contributed by atoms with van der Waals surface area (Å²) in [6, 6.07) is 7.39. The quantitative estimate of drug-likeness (QED) is 0.840. The highest BCUT2D eigenvalue weighted by molar-refractivity contribution is 7.88. The van der Waals surface area contributed by atoms with E-state index in [-0.39, 0.29) is 0 Å². The molecule has 6 nitrogen and oxygen atoms in total. The lowest BCUT2D eigenvalue weighted by Crippen LogP contribution is -2.47. The van der Waals surface area contributed by atoms with Crippen molar-refractivity contribution in [2.75, 3.05) is 32.4 Å². The van der Waals surface area contributed by atoms with Crippen molar-refractivity contribution >= 4 is 21.6 Å². The molecule has 8 heteroatoms. The maximum atomic E-state index is 11.5. The standard InChI is InChI=1S/C15H18ClN3O3S/c1-23(20,21)19-8-6-18(7-9-19)11-15-17-10-14(22-15)12-2-4-13(16)5-3-12/h2-5,10H,6-9,11H2,1H3. The monoisotopic (exact) mass is 355 g/mol. The van der Waals surface area contributed by atoms with Crippen molar-refractivity contribution in [3.8, 4) is 11.3 Å². The minimum Gasteiger partial charge on any atom is -0.439 e. The average Bonchev–Trinajstić information content (AvgIpc) is 2.96. The summed E-state index contributed by atoms with van der Waals surface area (Å²) in [5.74, 6) is 1.33. The van der Waals surface area contributed by atoms with Crippen LogP contribution in [0.3, 0.4) is 0 Å². The van der Waals surface area contributed by atoms with Gasteiger partial charge in [-0.1, -0.05) is 11.6 Å². The van der Waals surface area contributed by atoms with Crippen molar-refractivity contribution in [1.29, 1.82) is 0 Å². The predicted molar refractivity (Wildman–Crippen MR) is 88.6 cm³/mol.